The summed E-state index contributed by atoms with van der Waals surface area (Å²) in [6.07, 6.45) is 0.739. The summed E-state index contributed by atoms with van der Waals surface area (Å²) in [5.41, 5.74) is 1.01. The van der Waals surface area contributed by atoms with Crippen LogP contribution in [0, 0.1) is 12.8 Å². The first-order valence-corrected chi connectivity index (χ1v) is 11.4. The fraction of sp³-hybridized carbons (Fsp3) is 0.600. The number of amides is 1. The van der Waals surface area contributed by atoms with Crippen molar-refractivity contribution in [1.82, 2.24) is 9.62 Å². The molecule has 0 spiro atoms. The molecule has 0 aliphatic carbocycles. The van der Waals surface area contributed by atoms with E-state index < -0.39 is 22.0 Å². The first kappa shape index (κ1) is 23.3. The Morgan fingerprint density at radius 2 is 1.79 bits per heavy atom. The standard InChI is InChI=1S/C20H31N3O5S/c1-5-16(3)19(20(25)28-4)21-18(24)14-22-10-12-23(13-11-22)29(26,27)17-8-6-15(2)7-9-17/h6-9,16,19H,5,10-14H2,1-4H3,(H,21,24)/p+1/t16-,19-/m1/s1. The molecule has 1 amide bonds. The number of hydrogen-bond donors (Lipinski definition) is 2. The fourth-order valence-electron chi connectivity index (χ4n) is 3.33. The Kier molecular flexibility index (Phi) is 8.18. The van der Waals surface area contributed by atoms with Gasteiger partial charge in [0.15, 0.2) is 6.54 Å². The van der Waals surface area contributed by atoms with E-state index in [9.17, 15) is 18.0 Å². The van der Waals surface area contributed by atoms with Gasteiger partial charge in [0.05, 0.1) is 38.2 Å². The molecule has 2 N–H and O–H groups in total. The highest BCUT2D eigenvalue weighted by molar-refractivity contribution is 7.89. The number of carbonyl (C=O) groups is 2. The van der Waals surface area contributed by atoms with Gasteiger partial charge in [0.1, 0.15) is 6.04 Å². The van der Waals surface area contributed by atoms with E-state index in [0.717, 1.165) is 16.9 Å². The van der Waals surface area contributed by atoms with E-state index in [0.29, 0.717) is 31.1 Å². The highest BCUT2D eigenvalue weighted by Gasteiger charge is 2.32. The molecule has 1 aliphatic heterocycles. The van der Waals surface area contributed by atoms with Crippen LogP contribution in [0.5, 0.6) is 0 Å². The third-order valence-electron chi connectivity index (χ3n) is 5.48. The van der Waals surface area contributed by atoms with E-state index >= 15 is 0 Å². The van der Waals surface area contributed by atoms with Gasteiger partial charge in [0.2, 0.25) is 10.0 Å². The highest BCUT2D eigenvalue weighted by atomic mass is 32.2. The van der Waals surface area contributed by atoms with Crippen molar-refractivity contribution >= 4 is 21.9 Å². The van der Waals surface area contributed by atoms with Crippen LogP contribution in [0.2, 0.25) is 0 Å². The van der Waals surface area contributed by atoms with E-state index in [1.807, 2.05) is 20.8 Å². The molecule has 0 radical (unpaired) electrons. The molecule has 8 nitrogen and oxygen atoms in total. The number of esters is 1. The maximum atomic E-state index is 12.8. The van der Waals surface area contributed by atoms with Crippen molar-refractivity contribution < 1.29 is 27.6 Å². The van der Waals surface area contributed by atoms with Crippen molar-refractivity contribution in [1.29, 1.82) is 0 Å². The summed E-state index contributed by atoms with van der Waals surface area (Å²) in [7, 11) is -2.21. The minimum atomic E-state index is -3.52. The van der Waals surface area contributed by atoms with E-state index in [1.54, 1.807) is 24.3 Å². The largest absolute Gasteiger partial charge is 0.467 e. The zero-order chi connectivity index (χ0) is 21.6. The van der Waals surface area contributed by atoms with Gasteiger partial charge in [0, 0.05) is 0 Å². The van der Waals surface area contributed by atoms with Crippen molar-refractivity contribution in [3.8, 4) is 0 Å². The average molecular weight is 427 g/mol. The first-order valence-electron chi connectivity index (χ1n) is 9.96. The summed E-state index contributed by atoms with van der Waals surface area (Å²) in [6.45, 7) is 7.72. The molecule has 1 saturated heterocycles. The SMILES string of the molecule is CC[C@@H](C)[C@@H](NC(=O)C[NH+]1CCN(S(=O)(=O)c2ccc(C)cc2)CC1)C(=O)OC. The number of ether oxygens (including phenoxy) is 1. The lowest BCUT2D eigenvalue weighted by molar-refractivity contribution is -0.895. The average Bonchev–Trinajstić information content (AvgIpc) is 2.71. The maximum absolute atomic E-state index is 12.8. The molecule has 9 heteroatoms. The molecule has 0 bridgehead atoms. The summed E-state index contributed by atoms with van der Waals surface area (Å²) in [4.78, 5) is 25.6. The number of benzene rings is 1. The van der Waals surface area contributed by atoms with Crippen LogP contribution >= 0.6 is 0 Å². The smallest absolute Gasteiger partial charge is 0.328 e. The molecule has 2 rings (SSSR count). The number of methoxy groups -OCH3 is 1. The molecule has 0 aromatic heterocycles. The van der Waals surface area contributed by atoms with Crippen LogP contribution in [0.15, 0.2) is 29.2 Å². The molecule has 1 aromatic carbocycles. The van der Waals surface area contributed by atoms with Gasteiger partial charge < -0.3 is 15.0 Å². The van der Waals surface area contributed by atoms with Crippen LogP contribution < -0.4 is 10.2 Å². The van der Waals surface area contributed by atoms with Gasteiger partial charge in [-0.15, -0.1) is 0 Å². The maximum Gasteiger partial charge on any atom is 0.328 e. The third-order valence-corrected chi connectivity index (χ3v) is 7.40. The zero-order valence-electron chi connectivity index (χ0n) is 17.6. The van der Waals surface area contributed by atoms with Crippen molar-refractivity contribution in [3.05, 3.63) is 29.8 Å². The lowest BCUT2D eigenvalue weighted by Gasteiger charge is -2.31. The lowest BCUT2D eigenvalue weighted by Crippen LogP contribution is -3.15. The number of rotatable bonds is 8. The lowest BCUT2D eigenvalue weighted by atomic mass is 9.99. The molecule has 162 valence electrons. The Labute approximate surface area is 173 Å². The molecular formula is C20H32N3O5S+. The Bertz CT molecular complexity index is 802. The van der Waals surface area contributed by atoms with Crippen LogP contribution in [0.3, 0.4) is 0 Å². The van der Waals surface area contributed by atoms with Crippen LogP contribution in [0.25, 0.3) is 0 Å². The third kappa shape index (κ3) is 6.01. The quantitative estimate of drug-likeness (QED) is 0.551. The number of hydrogen-bond acceptors (Lipinski definition) is 5. The van der Waals surface area contributed by atoms with Gasteiger partial charge in [-0.2, -0.15) is 4.31 Å². The summed E-state index contributed by atoms with van der Waals surface area (Å²) in [6, 6.07) is 6.15. The van der Waals surface area contributed by atoms with Crippen LogP contribution in [0.1, 0.15) is 25.8 Å². The molecule has 1 aliphatic rings. The van der Waals surface area contributed by atoms with E-state index in [1.165, 1.54) is 11.4 Å². The van der Waals surface area contributed by atoms with Crippen LogP contribution in [0.4, 0.5) is 0 Å². The fourth-order valence-corrected chi connectivity index (χ4v) is 4.77. The number of nitrogens with one attached hydrogen (secondary N) is 2. The topological polar surface area (TPSA) is 97.2 Å². The van der Waals surface area contributed by atoms with Crippen LogP contribution in [-0.2, 0) is 24.3 Å². The predicted octanol–water partition coefficient (Wildman–Crippen LogP) is -0.412. The molecular weight excluding hydrogens is 394 g/mol. The number of nitrogens with zero attached hydrogens (tertiary/aromatic N) is 1. The van der Waals surface area contributed by atoms with Gasteiger partial charge in [-0.05, 0) is 25.0 Å². The Hall–Kier alpha value is -1.97. The predicted molar refractivity (Wildman–Crippen MR) is 109 cm³/mol. The van der Waals surface area contributed by atoms with Crippen molar-refractivity contribution in [2.24, 2.45) is 5.92 Å². The second-order valence-corrected chi connectivity index (χ2v) is 9.54. The van der Waals surface area contributed by atoms with Crippen LogP contribution in [-0.4, -0.2) is 70.5 Å². The van der Waals surface area contributed by atoms with Gasteiger partial charge in [0.25, 0.3) is 5.91 Å². The summed E-state index contributed by atoms with van der Waals surface area (Å²) < 4.78 is 31.8. The number of quaternary nitrogens is 1. The molecule has 0 unspecified atom stereocenters. The molecule has 0 saturated carbocycles. The monoisotopic (exact) mass is 426 g/mol. The second-order valence-electron chi connectivity index (χ2n) is 7.60. The van der Waals surface area contributed by atoms with Crippen molar-refractivity contribution in [2.45, 2.75) is 38.1 Å². The van der Waals surface area contributed by atoms with E-state index in [-0.39, 0.29) is 18.4 Å². The van der Waals surface area contributed by atoms with Gasteiger partial charge in [-0.25, -0.2) is 13.2 Å². The Morgan fingerprint density at radius 1 is 1.21 bits per heavy atom. The highest BCUT2D eigenvalue weighted by Crippen LogP contribution is 2.16. The summed E-state index contributed by atoms with van der Waals surface area (Å²) in [5.74, 6) is -0.708. The van der Waals surface area contributed by atoms with Gasteiger partial charge in [-0.1, -0.05) is 38.0 Å². The molecule has 1 fully saturated rings. The van der Waals surface area contributed by atoms with Gasteiger partial charge in [-0.3, -0.25) is 4.79 Å². The molecule has 1 aromatic rings. The van der Waals surface area contributed by atoms with Crippen molar-refractivity contribution in [3.63, 3.8) is 0 Å². The number of sulfonamides is 1. The molecule has 29 heavy (non-hydrogen) atoms. The van der Waals surface area contributed by atoms with E-state index in [2.05, 4.69) is 5.32 Å². The van der Waals surface area contributed by atoms with E-state index in [4.69, 9.17) is 4.74 Å². The summed E-state index contributed by atoms with van der Waals surface area (Å²) in [5, 5.41) is 2.77. The molecule has 1 heterocycles. The zero-order valence-corrected chi connectivity index (χ0v) is 18.4. The first-order chi connectivity index (χ1) is 13.7. The number of aryl methyl sites for hydroxylation is 1. The van der Waals surface area contributed by atoms with Gasteiger partial charge >= 0.3 is 5.97 Å². The summed E-state index contributed by atoms with van der Waals surface area (Å²) >= 11 is 0. The second kappa shape index (κ2) is 10.2. The normalized spacial score (nSPS) is 18.1. The Morgan fingerprint density at radius 3 is 2.31 bits per heavy atom. The Balaban J connectivity index is 1.91. The minimum absolute atomic E-state index is 0.0297. The van der Waals surface area contributed by atoms with Crippen molar-refractivity contribution in [2.75, 3.05) is 39.8 Å². The minimum Gasteiger partial charge on any atom is -0.467 e. The molecule has 2 atom stereocenters. The number of carbonyl (C=O) groups excluding carboxylic acids is 2. The number of piperazine rings is 1.